The SMILES string of the molecule is CC(N)CCCC(=O)N1CCCCCC1c1cccn1C. The summed E-state index contributed by atoms with van der Waals surface area (Å²) < 4.78 is 2.15. The first-order valence-corrected chi connectivity index (χ1v) is 8.26. The fraction of sp³-hybridized carbons (Fsp3) is 0.706. The lowest BCUT2D eigenvalue weighted by molar-refractivity contribution is -0.133. The van der Waals surface area contributed by atoms with Crippen molar-refractivity contribution >= 4 is 5.91 Å². The summed E-state index contributed by atoms with van der Waals surface area (Å²) in [5.41, 5.74) is 7.04. The Balaban J connectivity index is 2.05. The third kappa shape index (κ3) is 4.34. The van der Waals surface area contributed by atoms with Crippen molar-refractivity contribution in [3.05, 3.63) is 24.0 Å². The summed E-state index contributed by atoms with van der Waals surface area (Å²) in [6, 6.07) is 4.65. The van der Waals surface area contributed by atoms with Crippen LogP contribution in [0.3, 0.4) is 0 Å². The highest BCUT2D eigenvalue weighted by atomic mass is 16.2. The summed E-state index contributed by atoms with van der Waals surface area (Å²) in [7, 11) is 2.07. The Morgan fingerprint density at radius 3 is 2.90 bits per heavy atom. The van der Waals surface area contributed by atoms with Crippen LogP contribution in [0.4, 0.5) is 0 Å². The maximum Gasteiger partial charge on any atom is 0.223 e. The number of hydrogen-bond acceptors (Lipinski definition) is 2. The van der Waals surface area contributed by atoms with Crippen LogP contribution in [0.2, 0.25) is 0 Å². The van der Waals surface area contributed by atoms with Crippen molar-refractivity contribution in [3.8, 4) is 0 Å². The lowest BCUT2D eigenvalue weighted by Crippen LogP contribution is -2.35. The molecule has 2 heterocycles. The smallest absolute Gasteiger partial charge is 0.223 e. The van der Waals surface area contributed by atoms with Gasteiger partial charge in [-0.2, -0.15) is 0 Å². The summed E-state index contributed by atoms with van der Waals surface area (Å²) in [6.45, 7) is 2.90. The number of likely N-dealkylation sites (tertiary alicyclic amines) is 1. The molecular formula is C17H29N3O. The highest BCUT2D eigenvalue weighted by Gasteiger charge is 2.27. The Bertz CT molecular complexity index is 453. The van der Waals surface area contributed by atoms with Gasteiger partial charge in [-0.1, -0.05) is 12.8 Å². The van der Waals surface area contributed by atoms with Gasteiger partial charge in [0, 0.05) is 37.9 Å². The molecule has 2 unspecified atom stereocenters. The molecule has 1 amide bonds. The third-order valence-electron chi connectivity index (χ3n) is 4.45. The zero-order chi connectivity index (χ0) is 15.2. The van der Waals surface area contributed by atoms with Crippen molar-refractivity contribution in [2.75, 3.05) is 6.54 Å². The molecule has 1 saturated heterocycles. The van der Waals surface area contributed by atoms with Crippen LogP contribution in [0.1, 0.15) is 63.6 Å². The van der Waals surface area contributed by atoms with Gasteiger partial charge >= 0.3 is 0 Å². The maximum absolute atomic E-state index is 12.6. The topological polar surface area (TPSA) is 51.3 Å². The van der Waals surface area contributed by atoms with E-state index in [9.17, 15) is 4.79 Å². The molecule has 0 bridgehead atoms. The van der Waals surface area contributed by atoms with Gasteiger partial charge in [0.25, 0.3) is 0 Å². The van der Waals surface area contributed by atoms with E-state index in [1.165, 1.54) is 18.5 Å². The van der Waals surface area contributed by atoms with Gasteiger partial charge in [-0.25, -0.2) is 0 Å². The lowest BCUT2D eigenvalue weighted by Gasteiger charge is -2.31. The molecule has 0 aliphatic carbocycles. The minimum absolute atomic E-state index is 0.186. The van der Waals surface area contributed by atoms with Crippen molar-refractivity contribution in [1.29, 1.82) is 0 Å². The molecule has 4 heteroatoms. The standard InChI is InChI=1S/C17H29N3O/c1-14(18)8-6-11-17(21)20-13-5-3-4-9-16(20)15-10-7-12-19(15)2/h7,10,12,14,16H,3-6,8-9,11,13,18H2,1-2H3. The second-order valence-electron chi connectivity index (χ2n) is 6.37. The van der Waals surface area contributed by atoms with Crippen LogP contribution < -0.4 is 5.73 Å². The highest BCUT2D eigenvalue weighted by Crippen LogP contribution is 2.30. The van der Waals surface area contributed by atoms with Crippen LogP contribution in [0.5, 0.6) is 0 Å². The fourth-order valence-electron chi connectivity index (χ4n) is 3.25. The van der Waals surface area contributed by atoms with E-state index >= 15 is 0 Å². The van der Waals surface area contributed by atoms with Gasteiger partial charge < -0.3 is 15.2 Å². The Hall–Kier alpha value is -1.29. The van der Waals surface area contributed by atoms with Crippen LogP contribution in [-0.4, -0.2) is 28.0 Å². The second-order valence-corrected chi connectivity index (χ2v) is 6.37. The molecule has 1 aliphatic rings. The molecule has 0 saturated carbocycles. The van der Waals surface area contributed by atoms with Gasteiger partial charge in [0.05, 0.1) is 6.04 Å². The molecule has 118 valence electrons. The molecule has 2 atom stereocenters. The summed E-state index contributed by atoms with van der Waals surface area (Å²) >= 11 is 0. The summed E-state index contributed by atoms with van der Waals surface area (Å²) in [4.78, 5) is 14.7. The van der Waals surface area contributed by atoms with E-state index in [1.54, 1.807) is 0 Å². The molecule has 0 radical (unpaired) electrons. The average Bonchev–Trinajstić information content (AvgIpc) is 2.72. The fourth-order valence-corrected chi connectivity index (χ4v) is 3.25. The van der Waals surface area contributed by atoms with E-state index in [2.05, 4.69) is 34.8 Å². The predicted octanol–water partition coefficient (Wildman–Crippen LogP) is 2.99. The Morgan fingerprint density at radius 1 is 1.43 bits per heavy atom. The molecule has 0 aromatic carbocycles. The zero-order valence-electron chi connectivity index (χ0n) is 13.4. The van der Waals surface area contributed by atoms with Crippen LogP contribution in [-0.2, 0) is 11.8 Å². The van der Waals surface area contributed by atoms with Crippen LogP contribution in [0.15, 0.2) is 18.3 Å². The number of amides is 1. The Morgan fingerprint density at radius 2 is 2.24 bits per heavy atom. The summed E-state index contributed by atoms with van der Waals surface area (Å²) in [5, 5.41) is 0. The zero-order valence-corrected chi connectivity index (χ0v) is 13.4. The van der Waals surface area contributed by atoms with E-state index < -0.39 is 0 Å². The minimum Gasteiger partial charge on any atom is -0.353 e. The van der Waals surface area contributed by atoms with Crippen LogP contribution in [0, 0.1) is 0 Å². The molecule has 2 N–H and O–H groups in total. The molecule has 2 rings (SSSR count). The molecule has 1 aromatic heterocycles. The number of carbonyl (C=O) groups excluding carboxylic acids is 1. The number of aryl methyl sites for hydroxylation is 1. The van der Waals surface area contributed by atoms with E-state index in [1.807, 2.05) is 6.92 Å². The van der Waals surface area contributed by atoms with E-state index in [0.29, 0.717) is 12.3 Å². The summed E-state index contributed by atoms with van der Waals surface area (Å²) in [5.74, 6) is 0.295. The normalized spacial score (nSPS) is 21.1. The largest absolute Gasteiger partial charge is 0.353 e. The maximum atomic E-state index is 12.6. The van der Waals surface area contributed by atoms with Crippen molar-refractivity contribution in [2.45, 2.75) is 64.0 Å². The average molecular weight is 291 g/mol. The molecule has 0 spiro atoms. The lowest BCUT2D eigenvalue weighted by atomic mass is 10.1. The quantitative estimate of drug-likeness (QED) is 0.906. The first kappa shape index (κ1) is 16.1. The monoisotopic (exact) mass is 291 g/mol. The van der Waals surface area contributed by atoms with Crippen LogP contribution >= 0.6 is 0 Å². The van der Waals surface area contributed by atoms with Gasteiger partial charge in [-0.3, -0.25) is 4.79 Å². The van der Waals surface area contributed by atoms with Gasteiger partial charge in [0.1, 0.15) is 0 Å². The van der Waals surface area contributed by atoms with Gasteiger partial charge in [0.15, 0.2) is 0 Å². The second kappa shape index (κ2) is 7.64. The Kier molecular flexibility index (Phi) is 5.85. The number of nitrogens with two attached hydrogens (primary N) is 1. The van der Waals surface area contributed by atoms with E-state index in [0.717, 1.165) is 32.2 Å². The van der Waals surface area contributed by atoms with Crippen molar-refractivity contribution in [1.82, 2.24) is 9.47 Å². The first-order chi connectivity index (χ1) is 10.1. The molecule has 21 heavy (non-hydrogen) atoms. The van der Waals surface area contributed by atoms with Crippen molar-refractivity contribution < 1.29 is 4.79 Å². The first-order valence-electron chi connectivity index (χ1n) is 8.26. The molecule has 1 fully saturated rings. The Labute approximate surface area is 128 Å². The number of carbonyl (C=O) groups is 1. The number of hydrogen-bond donors (Lipinski definition) is 1. The molecule has 1 aliphatic heterocycles. The third-order valence-corrected chi connectivity index (χ3v) is 4.45. The van der Waals surface area contributed by atoms with Crippen molar-refractivity contribution in [2.24, 2.45) is 12.8 Å². The molecular weight excluding hydrogens is 262 g/mol. The van der Waals surface area contributed by atoms with Gasteiger partial charge in [0.2, 0.25) is 5.91 Å². The minimum atomic E-state index is 0.186. The highest BCUT2D eigenvalue weighted by molar-refractivity contribution is 5.76. The summed E-state index contributed by atoms with van der Waals surface area (Å²) in [6.07, 6.45) is 9.16. The number of rotatable bonds is 5. The molecule has 1 aromatic rings. The van der Waals surface area contributed by atoms with Crippen molar-refractivity contribution in [3.63, 3.8) is 0 Å². The number of aromatic nitrogens is 1. The van der Waals surface area contributed by atoms with E-state index in [-0.39, 0.29) is 12.1 Å². The predicted molar refractivity (Wildman–Crippen MR) is 85.8 cm³/mol. The molecule has 4 nitrogen and oxygen atoms in total. The van der Waals surface area contributed by atoms with Crippen LogP contribution in [0.25, 0.3) is 0 Å². The van der Waals surface area contributed by atoms with Gasteiger partial charge in [-0.15, -0.1) is 0 Å². The van der Waals surface area contributed by atoms with E-state index in [4.69, 9.17) is 5.73 Å². The van der Waals surface area contributed by atoms with Gasteiger partial charge in [-0.05, 0) is 44.7 Å². The number of nitrogens with zero attached hydrogens (tertiary/aromatic N) is 2.